The van der Waals surface area contributed by atoms with E-state index in [9.17, 15) is 18.3 Å². The Morgan fingerprint density at radius 1 is 0.828 bits per heavy atom. The average molecular weight is 394 g/mol. The van der Waals surface area contributed by atoms with Crippen LogP contribution in [0.1, 0.15) is 11.1 Å². The Labute approximate surface area is 165 Å². The van der Waals surface area contributed by atoms with Crippen molar-refractivity contribution in [1.82, 2.24) is 0 Å². The van der Waals surface area contributed by atoms with Crippen molar-refractivity contribution >= 4 is 10.8 Å². The molecular weight excluding hydrogens is 377 g/mol. The van der Waals surface area contributed by atoms with Gasteiger partial charge in [-0.25, -0.2) is 0 Å². The molecule has 0 aliphatic heterocycles. The molecule has 0 heterocycles. The van der Waals surface area contributed by atoms with Crippen molar-refractivity contribution in [3.05, 3.63) is 90.0 Å². The quantitative estimate of drug-likeness (QED) is 0.394. The number of hydrogen-bond donors (Lipinski definition) is 1. The van der Waals surface area contributed by atoms with Gasteiger partial charge in [-0.15, -0.1) is 0 Å². The first kappa shape index (κ1) is 18.9. The maximum atomic E-state index is 13.5. The zero-order chi connectivity index (χ0) is 20.6. The molecule has 0 bridgehead atoms. The molecule has 146 valence electrons. The summed E-state index contributed by atoms with van der Waals surface area (Å²) in [6.45, 7) is 1.87. The highest BCUT2D eigenvalue weighted by Crippen LogP contribution is 2.45. The minimum atomic E-state index is -4.54. The minimum Gasteiger partial charge on any atom is -0.508 e. The molecule has 0 saturated carbocycles. The number of hydrogen-bond acceptors (Lipinski definition) is 2. The lowest BCUT2D eigenvalue weighted by Gasteiger charge is -2.19. The summed E-state index contributed by atoms with van der Waals surface area (Å²) >= 11 is 0. The van der Waals surface area contributed by atoms with E-state index < -0.39 is 11.7 Å². The van der Waals surface area contributed by atoms with Gasteiger partial charge in [-0.3, -0.25) is 0 Å². The second-order valence-electron chi connectivity index (χ2n) is 6.77. The number of halogens is 3. The van der Waals surface area contributed by atoms with E-state index in [4.69, 9.17) is 4.74 Å². The molecule has 0 atom stereocenters. The van der Waals surface area contributed by atoms with Crippen molar-refractivity contribution in [3.8, 4) is 28.4 Å². The van der Waals surface area contributed by atoms with Crippen LogP contribution in [0.3, 0.4) is 0 Å². The number of rotatable bonds is 3. The number of fused-ring (bicyclic) bond motifs is 1. The second-order valence-corrected chi connectivity index (χ2v) is 6.77. The molecule has 0 unspecified atom stereocenters. The monoisotopic (exact) mass is 394 g/mol. The first-order valence-electron chi connectivity index (χ1n) is 9.00. The number of para-hydroxylation sites is 1. The van der Waals surface area contributed by atoms with E-state index in [1.807, 2.05) is 43.3 Å². The van der Waals surface area contributed by atoms with Crippen LogP contribution in [0.2, 0.25) is 0 Å². The van der Waals surface area contributed by atoms with Crippen LogP contribution < -0.4 is 4.74 Å². The van der Waals surface area contributed by atoms with Gasteiger partial charge in [-0.05, 0) is 53.8 Å². The molecule has 5 heteroatoms. The third-order valence-corrected chi connectivity index (χ3v) is 4.74. The number of aryl methyl sites for hydroxylation is 1. The molecule has 1 N–H and O–H groups in total. The molecule has 2 nitrogen and oxygen atoms in total. The molecule has 4 aromatic rings. The lowest BCUT2D eigenvalue weighted by atomic mass is 9.94. The number of aromatic hydroxyl groups is 1. The fraction of sp³-hybridized carbons (Fsp3) is 0.0833. The molecule has 0 amide bonds. The molecule has 0 aliphatic rings. The second kappa shape index (κ2) is 7.17. The summed E-state index contributed by atoms with van der Waals surface area (Å²) in [7, 11) is 0. The van der Waals surface area contributed by atoms with E-state index in [0.29, 0.717) is 22.1 Å². The number of phenolic OH excluding ortho intramolecular Hbond substituents is 1. The molecule has 0 saturated heterocycles. The van der Waals surface area contributed by atoms with Crippen LogP contribution in [-0.4, -0.2) is 5.11 Å². The van der Waals surface area contributed by atoms with Crippen molar-refractivity contribution in [2.75, 3.05) is 0 Å². The van der Waals surface area contributed by atoms with Gasteiger partial charge in [0.2, 0.25) is 0 Å². The first-order chi connectivity index (χ1) is 13.8. The summed E-state index contributed by atoms with van der Waals surface area (Å²) in [4.78, 5) is 0. The lowest BCUT2D eigenvalue weighted by molar-refractivity contribution is -0.138. The fourth-order valence-corrected chi connectivity index (χ4v) is 3.46. The van der Waals surface area contributed by atoms with Gasteiger partial charge in [0.1, 0.15) is 17.2 Å². The molecule has 0 fully saturated rings. The molecule has 0 radical (unpaired) electrons. The zero-order valence-electron chi connectivity index (χ0n) is 15.5. The third kappa shape index (κ3) is 3.63. The van der Waals surface area contributed by atoms with Gasteiger partial charge in [0.15, 0.2) is 0 Å². The molecule has 29 heavy (non-hydrogen) atoms. The van der Waals surface area contributed by atoms with Crippen LogP contribution >= 0.6 is 0 Å². The molecule has 0 aromatic heterocycles. The molecule has 0 spiro atoms. The number of alkyl halides is 3. The maximum Gasteiger partial charge on any atom is 0.419 e. The summed E-state index contributed by atoms with van der Waals surface area (Å²) in [5, 5.41) is 11.1. The van der Waals surface area contributed by atoms with E-state index in [0.717, 1.165) is 17.2 Å². The summed E-state index contributed by atoms with van der Waals surface area (Å²) in [6, 6.07) is 21.1. The summed E-state index contributed by atoms with van der Waals surface area (Å²) < 4.78 is 46.5. The smallest absolute Gasteiger partial charge is 0.419 e. The van der Waals surface area contributed by atoms with Gasteiger partial charge in [0, 0.05) is 10.9 Å². The van der Waals surface area contributed by atoms with Crippen LogP contribution in [-0.2, 0) is 6.18 Å². The Balaban J connectivity index is 2.00. The van der Waals surface area contributed by atoms with Crippen molar-refractivity contribution < 1.29 is 23.0 Å². The number of ether oxygens (including phenoxy) is 1. The van der Waals surface area contributed by atoms with E-state index in [1.54, 1.807) is 12.1 Å². The Bertz CT molecular complexity index is 1180. The summed E-state index contributed by atoms with van der Waals surface area (Å²) in [5.41, 5.74) is 1.53. The first-order valence-corrected chi connectivity index (χ1v) is 9.00. The molecular formula is C24H17F3O2. The number of benzene rings is 4. The average Bonchev–Trinajstić information content (AvgIpc) is 2.68. The summed E-state index contributed by atoms with van der Waals surface area (Å²) in [6.07, 6.45) is -4.54. The van der Waals surface area contributed by atoms with Crippen LogP contribution in [0.25, 0.3) is 21.9 Å². The molecule has 4 aromatic carbocycles. The maximum absolute atomic E-state index is 13.5. The van der Waals surface area contributed by atoms with Gasteiger partial charge < -0.3 is 9.84 Å². The van der Waals surface area contributed by atoms with Crippen LogP contribution in [0.15, 0.2) is 78.9 Å². The Morgan fingerprint density at radius 2 is 1.52 bits per heavy atom. The van der Waals surface area contributed by atoms with Gasteiger partial charge in [0.25, 0.3) is 0 Å². The Hall–Kier alpha value is -3.47. The van der Waals surface area contributed by atoms with E-state index >= 15 is 0 Å². The van der Waals surface area contributed by atoms with Gasteiger partial charge in [0.05, 0.1) is 5.56 Å². The van der Waals surface area contributed by atoms with Crippen LogP contribution in [0, 0.1) is 6.92 Å². The van der Waals surface area contributed by atoms with E-state index in [-0.39, 0.29) is 11.5 Å². The normalized spacial score (nSPS) is 11.6. The highest BCUT2D eigenvalue weighted by molar-refractivity contribution is 5.97. The highest BCUT2D eigenvalue weighted by atomic mass is 19.4. The number of phenols is 1. The van der Waals surface area contributed by atoms with E-state index in [2.05, 4.69) is 0 Å². The summed E-state index contributed by atoms with van der Waals surface area (Å²) in [5.74, 6) is 0.131. The van der Waals surface area contributed by atoms with Gasteiger partial charge in [-0.1, -0.05) is 48.5 Å². The fourth-order valence-electron chi connectivity index (χ4n) is 3.46. The topological polar surface area (TPSA) is 29.5 Å². The zero-order valence-corrected chi connectivity index (χ0v) is 15.5. The van der Waals surface area contributed by atoms with Crippen molar-refractivity contribution in [2.45, 2.75) is 13.1 Å². The van der Waals surface area contributed by atoms with Crippen LogP contribution in [0.4, 0.5) is 13.2 Å². The van der Waals surface area contributed by atoms with Crippen molar-refractivity contribution in [2.24, 2.45) is 0 Å². The lowest BCUT2D eigenvalue weighted by Crippen LogP contribution is -2.07. The minimum absolute atomic E-state index is 0.0750. The van der Waals surface area contributed by atoms with Crippen LogP contribution in [0.5, 0.6) is 17.2 Å². The standard InChI is InChI=1S/C24H17F3O2/c1-15-13-17-14-18(28)11-12-19(17)23(22(15)16-7-3-2-4-8-16)29-21-10-6-5-9-20(21)24(25,26)27/h2-14,28H,1H3. The van der Waals surface area contributed by atoms with E-state index in [1.165, 1.54) is 24.3 Å². The van der Waals surface area contributed by atoms with Crippen molar-refractivity contribution in [1.29, 1.82) is 0 Å². The highest BCUT2D eigenvalue weighted by Gasteiger charge is 2.34. The Kier molecular flexibility index (Phi) is 4.66. The third-order valence-electron chi connectivity index (χ3n) is 4.74. The molecule has 0 aliphatic carbocycles. The molecule has 4 rings (SSSR count). The van der Waals surface area contributed by atoms with Gasteiger partial charge in [-0.2, -0.15) is 13.2 Å². The SMILES string of the molecule is Cc1cc2cc(O)ccc2c(Oc2ccccc2C(F)(F)F)c1-c1ccccc1. The predicted octanol–water partition coefficient (Wildman–Crippen LogP) is 7.33. The van der Waals surface area contributed by atoms with Gasteiger partial charge >= 0.3 is 6.18 Å². The predicted molar refractivity (Wildman–Crippen MR) is 107 cm³/mol. The Morgan fingerprint density at radius 3 is 2.24 bits per heavy atom. The van der Waals surface area contributed by atoms with Crippen molar-refractivity contribution in [3.63, 3.8) is 0 Å². The largest absolute Gasteiger partial charge is 0.508 e.